The van der Waals surface area contributed by atoms with Gasteiger partial charge in [-0.15, -0.1) is 0 Å². The van der Waals surface area contributed by atoms with Crippen LogP contribution in [0.25, 0.3) is 0 Å². The highest BCUT2D eigenvalue weighted by Crippen LogP contribution is 2.29. The Bertz CT molecular complexity index is 829. The molecular weight excluding hydrogens is 382 g/mol. The van der Waals surface area contributed by atoms with Crippen LogP contribution in [-0.2, 0) is 16.1 Å². The second-order valence-electron chi connectivity index (χ2n) is 7.47. The van der Waals surface area contributed by atoms with Crippen molar-refractivity contribution in [3.63, 3.8) is 0 Å². The molecule has 30 heavy (non-hydrogen) atoms. The first-order valence-corrected chi connectivity index (χ1v) is 10.5. The first-order chi connectivity index (χ1) is 14.7. The van der Waals surface area contributed by atoms with Crippen LogP contribution in [-0.4, -0.2) is 31.6 Å². The lowest BCUT2D eigenvalue weighted by Gasteiger charge is -2.16. The van der Waals surface area contributed by atoms with Gasteiger partial charge in [0.15, 0.2) is 18.1 Å². The summed E-state index contributed by atoms with van der Waals surface area (Å²) in [6, 6.07) is 14.8. The zero-order valence-corrected chi connectivity index (χ0v) is 17.4. The lowest BCUT2D eigenvalue weighted by atomic mass is 10.1. The Morgan fingerprint density at radius 1 is 0.967 bits per heavy atom. The number of hydrogen-bond acceptors (Lipinski definition) is 5. The Hall–Kier alpha value is -3.02. The molecule has 0 atom stereocenters. The molecule has 2 aromatic rings. The number of benzene rings is 2. The van der Waals surface area contributed by atoms with E-state index in [-0.39, 0.29) is 18.6 Å². The molecule has 2 aromatic carbocycles. The van der Waals surface area contributed by atoms with Gasteiger partial charge in [0.2, 0.25) is 0 Å². The molecule has 1 aliphatic rings. The van der Waals surface area contributed by atoms with E-state index >= 15 is 0 Å². The molecule has 1 amide bonds. The lowest BCUT2D eigenvalue weighted by molar-refractivity contribution is -0.125. The van der Waals surface area contributed by atoms with Crippen LogP contribution >= 0.6 is 0 Å². The molecule has 0 radical (unpaired) electrons. The molecule has 0 aromatic heterocycles. The Kier molecular flexibility index (Phi) is 8.12. The number of amides is 1. The van der Waals surface area contributed by atoms with E-state index in [1.54, 1.807) is 18.2 Å². The van der Waals surface area contributed by atoms with E-state index in [1.807, 2.05) is 30.3 Å². The molecule has 1 fully saturated rings. The summed E-state index contributed by atoms with van der Waals surface area (Å²) in [6.45, 7) is 0.103. The van der Waals surface area contributed by atoms with Gasteiger partial charge in [0, 0.05) is 6.04 Å². The predicted octanol–water partition coefficient (Wildman–Crippen LogP) is 4.27. The zero-order chi connectivity index (χ0) is 21.2. The van der Waals surface area contributed by atoms with Gasteiger partial charge in [-0.25, -0.2) is 4.79 Å². The van der Waals surface area contributed by atoms with E-state index in [0.717, 1.165) is 31.2 Å². The van der Waals surface area contributed by atoms with Crippen LogP contribution in [0.5, 0.6) is 11.5 Å². The van der Waals surface area contributed by atoms with Crippen LogP contribution in [0.1, 0.15) is 54.4 Å². The zero-order valence-electron chi connectivity index (χ0n) is 17.4. The van der Waals surface area contributed by atoms with Gasteiger partial charge in [0.1, 0.15) is 6.61 Å². The van der Waals surface area contributed by atoms with Crippen LogP contribution in [0.4, 0.5) is 0 Å². The number of hydrogen-bond donors (Lipinski definition) is 1. The number of carbonyl (C=O) groups excluding carboxylic acids is 2. The van der Waals surface area contributed by atoms with E-state index in [4.69, 9.17) is 14.2 Å². The highest BCUT2D eigenvalue weighted by Gasteiger charge is 2.17. The normalized spacial score (nSPS) is 14.4. The molecule has 160 valence electrons. The molecule has 0 bridgehead atoms. The third-order valence-corrected chi connectivity index (χ3v) is 5.19. The molecule has 1 saturated carbocycles. The molecule has 0 heterocycles. The van der Waals surface area contributed by atoms with E-state index in [0.29, 0.717) is 23.7 Å². The number of ether oxygens (including phenoxy) is 3. The third-order valence-electron chi connectivity index (χ3n) is 5.19. The highest BCUT2D eigenvalue weighted by molar-refractivity contribution is 5.92. The van der Waals surface area contributed by atoms with Crippen LogP contribution in [0.3, 0.4) is 0 Å². The average Bonchev–Trinajstić information content (AvgIpc) is 3.05. The third kappa shape index (κ3) is 6.51. The largest absolute Gasteiger partial charge is 0.493 e. The van der Waals surface area contributed by atoms with Gasteiger partial charge in [-0.1, -0.05) is 56.0 Å². The van der Waals surface area contributed by atoms with E-state index in [2.05, 4.69) is 5.32 Å². The maximum absolute atomic E-state index is 12.4. The van der Waals surface area contributed by atoms with Gasteiger partial charge in [-0.2, -0.15) is 0 Å². The van der Waals surface area contributed by atoms with Crippen LogP contribution in [0.15, 0.2) is 48.5 Å². The summed E-state index contributed by atoms with van der Waals surface area (Å²) in [7, 11) is 1.51. The topological polar surface area (TPSA) is 73.9 Å². The Morgan fingerprint density at radius 2 is 1.70 bits per heavy atom. The maximum Gasteiger partial charge on any atom is 0.338 e. The SMILES string of the molecule is COc1cc(C(=O)OCC(=O)NC2CCCCCC2)ccc1OCc1ccccc1. The fourth-order valence-corrected chi connectivity index (χ4v) is 3.56. The number of methoxy groups -OCH3 is 1. The van der Waals surface area contributed by atoms with Crippen molar-refractivity contribution in [1.29, 1.82) is 0 Å². The minimum atomic E-state index is -0.570. The van der Waals surface area contributed by atoms with E-state index in [9.17, 15) is 9.59 Å². The predicted molar refractivity (Wildman–Crippen MR) is 114 cm³/mol. The Morgan fingerprint density at radius 3 is 2.40 bits per heavy atom. The molecule has 1 aliphatic carbocycles. The summed E-state index contributed by atoms with van der Waals surface area (Å²) in [5, 5.41) is 2.97. The molecule has 3 rings (SSSR count). The first-order valence-electron chi connectivity index (χ1n) is 10.5. The molecule has 1 N–H and O–H groups in total. The van der Waals surface area contributed by atoms with Crippen LogP contribution in [0, 0.1) is 0 Å². The average molecular weight is 411 g/mol. The van der Waals surface area contributed by atoms with Crippen molar-refractivity contribution in [2.75, 3.05) is 13.7 Å². The Labute approximate surface area is 177 Å². The standard InChI is InChI=1S/C24H29NO5/c1-28-22-15-19(13-14-21(22)29-16-18-9-5-4-6-10-18)24(27)30-17-23(26)25-20-11-7-2-3-8-12-20/h4-6,9-10,13-15,20H,2-3,7-8,11-12,16-17H2,1H3,(H,25,26). The van der Waals surface area contributed by atoms with E-state index in [1.165, 1.54) is 20.0 Å². The fourth-order valence-electron chi connectivity index (χ4n) is 3.56. The molecule has 6 heteroatoms. The monoisotopic (exact) mass is 411 g/mol. The molecular formula is C24H29NO5. The van der Waals surface area contributed by atoms with Crippen LogP contribution in [0.2, 0.25) is 0 Å². The summed E-state index contributed by atoms with van der Waals surface area (Å²) < 4.78 is 16.3. The van der Waals surface area contributed by atoms with Gasteiger partial charge < -0.3 is 19.5 Å². The van der Waals surface area contributed by atoms with Crippen molar-refractivity contribution in [2.24, 2.45) is 0 Å². The smallest absolute Gasteiger partial charge is 0.338 e. The van der Waals surface area contributed by atoms with Crippen molar-refractivity contribution < 1.29 is 23.8 Å². The van der Waals surface area contributed by atoms with Gasteiger partial charge in [0.25, 0.3) is 5.91 Å². The number of rotatable bonds is 8. The Balaban J connectivity index is 1.51. The number of carbonyl (C=O) groups is 2. The lowest BCUT2D eigenvalue weighted by Crippen LogP contribution is -2.37. The van der Waals surface area contributed by atoms with Crippen molar-refractivity contribution in [2.45, 2.75) is 51.2 Å². The second kappa shape index (κ2) is 11.2. The van der Waals surface area contributed by atoms with Crippen molar-refractivity contribution in [3.05, 3.63) is 59.7 Å². The second-order valence-corrected chi connectivity index (χ2v) is 7.47. The number of nitrogens with one attached hydrogen (secondary N) is 1. The first kappa shape index (κ1) is 21.7. The molecule has 0 saturated heterocycles. The van der Waals surface area contributed by atoms with Crippen molar-refractivity contribution in [1.82, 2.24) is 5.32 Å². The van der Waals surface area contributed by atoms with E-state index < -0.39 is 5.97 Å². The van der Waals surface area contributed by atoms with Crippen molar-refractivity contribution in [3.8, 4) is 11.5 Å². The van der Waals surface area contributed by atoms with Gasteiger partial charge >= 0.3 is 5.97 Å². The minimum Gasteiger partial charge on any atom is -0.493 e. The molecule has 0 aliphatic heterocycles. The molecule has 0 unspecified atom stereocenters. The van der Waals surface area contributed by atoms with Crippen molar-refractivity contribution >= 4 is 11.9 Å². The summed E-state index contributed by atoms with van der Waals surface area (Å²) in [5.41, 5.74) is 1.34. The summed E-state index contributed by atoms with van der Waals surface area (Å²) >= 11 is 0. The number of esters is 1. The van der Waals surface area contributed by atoms with Gasteiger partial charge in [-0.3, -0.25) is 4.79 Å². The quantitative estimate of drug-likeness (QED) is 0.519. The van der Waals surface area contributed by atoms with Gasteiger partial charge in [-0.05, 0) is 36.6 Å². The summed E-state index contributed by atoms with van der Waals surface area (Å²) in [5.74, 6) is 0.135. The van der Waals surface area contributed by atoms with Crippen LogP contribution < -0.4 is 14.8 Å². The fraction of sp³-hybridized carbons (Fsp3) is 0.417. The summed E-state index contributed by atoms with van der Waals surface area (Å²) in [6.07, 6.45) is 6.66. The molecule has 0 spiro atoms. The summed E-state index contributed by atoms with van der Waals surface area (Å²) in [4.78, 5) is 24.5. The minimum absolute atomic E-state index is 0.180. The maximum atomic E-state index is 12.4. The van der Waals surface area contributed by atoms with Gasteiger partial charge in [0.05, 0.1) is 12.7 Å². The molecule has 6 nitrogen and oxygen atoms in total. The highest BCUT2D eigenvalue weighted by atomic mass is 16.5.